The molecule has 2 N–H and O–H groups in total. The molecule has 16 heavy (non-hydrogen) atoms. The zero-order valence-electron chi connectivity index (χ0n) is 9.74. The molecule has 1 fully saturated rings. The van der Waals surface area contributed by atoms with Gasteiger partial charge in [0.25, 0.3) is 5.72 Å². The lowest BCUT2D eigenvalue weighted by molar-refractivity contribution is -0.194. The third-order valence-corrected chi connectivity index (χ3v) is 2.17. The third kappa shape index (κ3) is 2.70. The quantitative estimate of drug-likeness (QED) is 0.593. The first-order valence-corrected chi connectivity index (χ1v) is 5.11. The Bertz CT molecular complexity index is 287. The van der Waals surface area contributed by atoms with Crippen LogP contribution in [-0.2, 0) is 14.3 Å². The lowest BCUT2D eigenvalue weighted by Crippen LogP contribution is -2.66. The fourth-order valence-corrected chi connectivity index (χ4v) is 1.40. The number of nitrogens with zero attached hydrogens (tertiary/aromatic N) is 1. The largest absolute Gasteiger partial charge is 0.456 e. The van der Waals surface area contributed by atoms with Crippen molar-refractivity contribution in [2.45, 2.75) is 32.1 Å². The second-order valence-corrected chi connectivity index (χ2v) is 4.74. The van der Waals surface area contributed by atoms with E-state index in [0.29, 0.717) is 6.54 Å². The number of nitrogens with one attached hydrogen (secondary N) is 1. The van der Waals surface area contributed by atoms with Gasteiger partial charge in [-0.15, -0.1) is 0 Å². The molecule has 1 aliphatic rings. The molecule has 1 unspecified atom stereocenters. The summed E-state index contributed by atoms with van der Waals surface area (Å²) in [5.41, 5.74) is -2.66. The summed E-state index contributed by atoms with van der Waals surface area (Å²) in [6, 6.07) is 0. The maximum absolute atomic E-state index is 11.8. The smallest absolute Gasteiger partial charge is 0.361 e. The Morgan fingerprint density at radius 1 is 1.56 bits per heavy atom. The number of carbonyl (C=O) groups excluding carboxylic acids is 2. The summed E-state index contributed by atoms with van der Waals surface area (Å²) < 4.78 is 5.06. The van der Waals surface area contributed by atoms with Gasteiger partial charge < -0.3 is 15.2 Å². The minimum Gasteiger partial charge on any atom is -0.456 e. The molecule has 1 amide bonds. The van der Waals surface area contributed by atoms with Gasteiger partial charge in [-0.1, -0.05) is 0 Å². The molecule has 1 atom stereocenters. The summed E-state index contributed by atoms with van der Waals surface area (Å²) in [6.07, 6.45) is 1.55. The van der Waals surface area contributed by atoms with Crippen LogP contribution in [0.25, 0.3) is 0 Å². The van der Waals surface area contributed by atoms with Gasteiger partial charge in [-0.25, -0.2) is 4.79 Å². The summed E-state index contributed by atoms with van der Waals surface area (Å²) in [7, 11) is 0. The first-order valence-electron chi connectivity index (χ1n) is 5.11. The maximum Gasteiger partial charge on any atom is 0.361 e. The molecule has 0 spiro atoms. The highest BCUT2D eigenvalue weighted by atomic mass is 16.6. The number of aliphatic hydroxyl groups is 1. The Labute approximate surface area is 94.6 Å². The Hall–Kier alpha value is -1.14. The van der Waals surface area contributed by atoms with Crippen LogP contribution in [0.5, 0.6) is 0 Å². The minimum atomic E-state index is -1.95. The molecule has 1 aliphatic heterocycles. The molecule has 0 bridgehead atoms. The van der Waals surface area contributed by atoms with E-state index in [-0.39, 0.29) is 13.1 Å². The lowest BCUT2D eigenvalue weighted by Gasteiger charge is -2.39. The summed E-state index contributed by atoms with van der Waals surface area (Å²) in [5.74, 6) is -0.837. The van der Waals surface area contributed by atoms with Crippen molar-refractivity contribution >= 4 is 12.4 Å². The van der Waals surface area contributed by atoms with E-state index in [1.807, 2.05) is 0 Å². The number of hydrogen-bond acceptors (Lipinski definition) is 5. The van der Waals surface area contributed by atoms with Crippen molar-refractivity contribution in [1.82, 2.24) is 10.2 Å². The van der Waals surface area contributed by atoms with Crippen molar-refractivity contribution < 1.29 is 19.4 Å². The van der Waals surface area contributed by atoms with Crippen molar-refractivity contribution in [1.29, 1.82) is 0 Å². The van der Waals surface area contributed by atoms with Crippen molar-refractivity contribution in [2.24, 2.45) is 0 Å². The number of rotatable bonds is 2. The monoisotopic (exact) mass is 229 g/mol. The van der Waals surface area contributed by atoms with Crippen LogP contribution in [0.2, 0.25) is 0 Å². The highest BCUT2D eigenvalue weighted by Gasteiger charge is 2.46. The molecule has 1 saturated heterocycles. The van der Waals surface area contributed by atoms with Crippen LogP contribution in [0, 0.1) is 0 Å². The van der Waals surface area contributed by atoms with Crippen molar-refractivity contribution in [3.05, 3.63) is 0 Å². The molecule has 1 rings (SSSR count). The number of carbonyl (C=O) groups is 1. The van der Waals surface area contributed by atoms with Gasteiger partial charge in [0.2, 0.25) is 0 Å². The SMILES string of the molecule is CC(C)(C)OC(=O)C1(O)CNCCN1[C]=O. The van der Waals surface area contributed by atoms with Gasteiger partial charge >= 0.3 is 12.4 Å². The molecule has 0 aliphatic carbocycles. The molecule has 0 aromatic carbocycles. The van der Waals surface area contributed by atoms with Crippen LogP contribution >= 0.6 is 0 Å². The maximum atomic E-state index is 11.8. The Morgan fingerprint density at radius 2 is 2.19 bits per heavy atom. The van der Waals surface area contributed by atoms with Gasteiger partial charge in [-0.05, 0) is 20.8 Å². The number of piperazine rings is 1. The predicted octanol–water partition coefficient (Wildman–Crippen LogP) is -1.01. The van der Waals surface area contributed by atoms with E-state index >= 15 is 0 Å². The van der Waals surface area contributed by atoms with E-state index in [1.54, 1.807) is 27.2 Å². The van der Waals surface area contributed by atoms with Crippen LogP contribution in [-0.4, -0.2) is 53.3 Å². The molecule has 6 nitrogen and oxygen atoms in total. The summed E-state index contributed by atoms with van der Waals surface area (Å²) in [4.78, 5) is 23.4. The van der Waals surface area contributed by atoms with Crippen molar-refractivity contribution in [3.63, 3.8) is 0 Å². The number of hydrogen-bond donors (Lipinski definition) is 2. The van der Waals surface area contributed by atoms with Crippen LogP contribution < -0.4 is 5.32 Å². The second kappa shape index (κ2) is 4.39. The summed E-state index contributed by atoms with van der Waals surface area (Å²) in [6.45, 7) is 5.77. The average molecular weight is 229 g/mol. The fraction of sp³-hybridized carbons (Fsp3) is 0.800. The molecule has 0 aromatic heterocycles. The Balaban J connectivity index is 2.81. The number of ether oxygens (including phenoxy) is 1. The molecule has 1 heterocycles. The van der Waals surface area contributed by atoms with Gasteiger partial charge in [-0.2, -0.15) is 0 Å². The van der Waals surface area contributed by atoms with Gasteiger partial charge in [0.1, 0.15) is 5.60 Å². The van der Waals surface area contributed by atoms with E-state index in [1.165, 1.54) is 0 Å². The zero-order valence-corrected chi connectivity index (χ0v) is 9.74. The highest BCUT2D eigenvalue weighted by Crippen LogP contribution is 2.18. The molecular weight excluding hydrogens is 212 g/mol. The van der Waals surface area contributed by atoms with E-state index in [4.69, 9.17) is 4.74 Å². The van der Waals surface area contributed by atoms with Gasteiger partial charge in [-0.3, -0.25) is 9.69 Å². The lowest BCUT2D eigenvalue weighted by atomic mass is 10.1. The van der Waals surface area contributed by atoms with Crippen LogP contribution in [0.15, 0.2) is 0 Å². The normalized spacial score (nSPS) is 26.4. The molecule has 1 radical (unpaired) electrons. The summed E-state index contributed by atoms with van der Waals surface area (Å²) >= 11 is 0. The molecule has 6 heteroatoms. The molecule has 0 saturated carbocycles. The fourth-order valence-electron chi connectivity index (χ4n) is 1.40. The molecule has 0 aromatic rings. The van der Waals surface area contributed by atoms with Crippen LogP contribution in [0.3, 0.4) is 0 Å². The standard InChI is InChI=1S/C10H17N2O4/c1-9(2,3)16-8(14)10(15)6-11-4-5-12(10)7-13/h11,15H,4-6H2,1-3H3. The number of β-amino-alcohol motifs (C(OH)–C–C–N with tert-alkyl or cyclic N) is 1. The zero-order chi connectivity index (χ0) is 12.4. The van der Waals surface area contributed by atoms with Gasteiger partial charge in [0, 0.05) is 13.1 Å². The van der Waals surface area contributed by atoms with E-state index in [9.17, 15) is 14.7 Å². The average Bonchev–Trinajstić information content (AvgIpc) is 2.16. The third-order valence-electron chi connectivity index (χ3n) is 2.17. The second-order valence-electron chi connectivity index (χ2n) is 4.74. The van der Waals surface area contributed by atoms with Crippen LogP contribution in [0.4, 0.5) is 0 Å². The highest BCUT2D eigenvalue weighted by molar-refractivity contribution is 5.82. The van der Waals surface area contributed by atoms with E-state index in [2.05, 4.69) is 5.32 Å². The van der Waals surface area contributed by atoms with E-state index in [0.717, 1.165) is 4.90 Å². The number of esters is 1. The van der Waals surface area contributed by atoms with Crippen LogP contribution in [0.1, 0.15) is 20.8 Å². The Kier molecular flexibility index (Phi) is 3.54. The Morgan fingerprint density at radius 3 is 2.69 bits per heavy atom. The topological polar surface area (TPSA) is 78.9 Å². The minimum absolute atomic E-state index is 0.0445. The number of amides is 1. The van der Waals surface area contributed by atoms with Crippen molar-refractivity contribution in [3.8, 4) is 0 Å². The molecule has 91 valence electrons. The summed E-state index contributed by atoms with van der Waals surface area (Å²) in [5, 5.41) is 12.9. The van der Waals surface area contributed by atoms with Gasteiger partial charge in [0.05, 0.1) is 6.54 Å². The van der Waals surface area contributed by atoms with E-state index < -0.39 is 17.3 Å². The van der Waals surface area contributed by atoms with Crippen molar-refractivity contribution in [2.75, 3.05) is 19.6 Å². The first-order chi connectivity index (χ1) is 7.29. The van der Waals surface area contributed by atoms with Gasteiger partial charge in [0.15, 0.2) is 0 Å². The first kappa shape index (κ1) is 12.9. The predicted molar refractivity (Wildman–Crippen MR) is 56.1 cm³/mol. The molecular formula is C10H17N2O4.